The molecule has 0 saturated heterocycles. The summed E-state index contributed by atoms with van der Waals surface area (Å²) < 4.78 is 1.35. The van der Waals surface area contributed by atoms with Crippen LogP contribution in [0.1, 0.15) is 21.0 Å². The van der Waals surface area contributed by atoms with Gasteiger partial charge in [-0.2, -0.15) is 5.10 Å². The molecule has 8 heteroatoms. The minimum absolute atomic E-state index is 0.0670. The van der Waals surface area contributed by atoms with Gasteiger partial charge < -0.3 is 16.0 Å². The molecule has 138 valence electrons. The first-order valence-corrected chi connectivity index (χ1v) is 8.48. The molecule has 0 aliphatic carbocycles. The molecule has 0 radical (unpaired) electrons. The first-order chi connectivity index (χ1) is 12.9. The molecular formula is C19H18ClN5O2. The third-order valence-electron chi connectivity index (χ3n) is 3.88. The molecule has 0 atom stereocenters. The molecule has 3 aromatic rings. The fourth-order valence-electron chi connectivity index (χ4n) is 2.69. The predicted molar refractivity (Wildman–Crippen MR) is 106 cm³/mol. The molecule has 3 rings (SSSR count). The number of halogens is 1. The van der Waals surface area contributed by atoms with Crippen LogP contribution in [0.5, 0.6) is 0 Å². The van der Waals surface area contributed by atoms with Crippen molar-refractivity contribution >= 4 is 34.8 Å². The van der Waals surface area contributed by atoms with Crippen LogP contribution in [0.25, 0.3) is 5.69 Å². The maximum Gasteiger partial charge on any atom is 0.276 e. The minimum atomic E-state index is -0.679. The van der Waals surface area contributed by atoms with Gasteiger partial charge in [-0.15, -0.1) is 0 Å². The molecule has 1 aromatic heterocycles. The summed E-state index contributed by atoms with van der Waals surface area (Å²) in [6.45, 7) is 0. The number of nitrogens with two attached hydrogens (primary N) is 1. The molecule has 0 aliphatic rings. The summed E-state index contributed by atoms with van der Waals surface area (Å²) in [4.78, 5) is 26.3. The normalized spacial score (nSPS) is 10.5. The van der Waals surface area contributed by atoms with Crippen molar-refractivity contribution in [2.75, 3.05) is 24.3 Å². The van der Waals surface area contributed by atoms with E-state index in [2.05, 4.69) is 10.4 Å². The zero-order chi connectivity index (χ0) is 19.6. The molecule has 1 heterocycles. The highest BCUT2D eigenvalue weighted by Crippen LogP contribution is 2.32. The van der Waals surface area contributed by atoms with E-state index in [4.69, 9.17) is 17.3 Å². The van der Waals surface area contributed by atoms with Gasteiger partial charge in [-0.1, -0.05) is 35.9 Å². The quantitative estimate of drug-likeness (QED) is 0.708. The second-order valence-electron chi connectivity index (χ2n) is 6.01. The predicted octanol–water partition coefficient (Wildman–Crippen LogP) is 2.94. The fraction of sp³-hybridized carbons (Fsp3) is 0.105. The van der Waals surface area contributed by atoms with Crippen molar-refractivity contribution < 1.29 is 9.59 Å². The fourth-order valence-corrected chi connectivity index (χ4v) is 3.03. The Morgan fingerprint density at radius 2 is 1.81 bits per heavy atom. The molecule has 0 unspecified atom stereocenters. The van der Waals surface area contributed by atoms with Gasteiger partial charge in [0.1, 0.15) is 5.69 Å². The summed E-state index contributed by atoms with van der Waals surface area (Å²) in [5, 5.41) is 7.54. The van der Waals surface area contributed by atoms with Crippen LogP contribution in [-0.2, 0) is 0 Å². The standard InChI is InChI=1S/C19H18ClN5O2/c1-24(2)17-13(20)9-6-10-14(17)22-19(27)15-11-16(18(21)26)25(23-15)12-7-4-3-5-8-12/h3-11H,1-2H3,(H2,21,26)(H,22,27). The molecule has 7 nitrogen and oxygen atoms in total. The second kappa shape index (κ2) is 7.51. The summed E-state index contributed by atoms with van der Waals surface area (Å²) in [6.07, 6.45) is 0. The number of carbonyl (C=O) groups excluding carboxylic acids is 2. The molecule has 0 spiro atoms. The Balaban J connectivity index is 1.97. The van der Waals surface area contributed by atoms with Gasteiger partial charge in [0, 0.05) is 20.2 Å². The van der Waals surface area contributed by atoms with Gasteiger partial charge in [0.2, 0.25) is 0 Å². The molecule has 0 fully saturated rings. The van der Waals surface area contributed by atoms with Gasteiger partial charge in [0.15, 0.2) is 5.69 Å². The molecule has 0 bridgehead atoms. The summed E-state index contributed by atoms with van der Waals surface area (Å²) >= 11 is 6.23. The van der Waals surface area contributed by atoms with Gasteiger partial charge in [-0.3, -0.25) is 9.59 Å². The van der Waals surface area contributed by atoms with E-state index in [9.17, 15) is 9.59 Å². The Morgan fingerprint density at radius 3 is 2.44 bits per heavy atom. The van der Waals surface area contributed by atoms with Crippen molar-refractivity contribution in [3.63, 3.8) is 0 Å². The van der Waals surface area contributed by atoms with E-state index in [1.54, 1.807) is 47.4 Å². The molecule has 0 saturated carbocycles. The van der Waals surface area contributed by atoms with Crippen molar-refractivity contribution in [2.45, 2.75) is 0 Å². The van der Waals surface area contributed by atoms with E-state index in [0.717, 1.165) is 0 Å². The smallest absolute Gasteiger partial charge is 0.276 e. The lowest BCUT2D eigenvalue weighted by atomic mass is 10.2. The first-order valence-electron chi connectivity index (χ1n) is 8.11. The third-order valence-corrected chi connectivity index (χ3v) is 4.18. The van der Waals surface area contributed by atoms with Crippen LogP contribution in [0.3, 0.4) is 0 Å². The molecule has 0 aliphatic heterocycles. The number of para-hydroxylation sites is 2. The van der Waals surface area contributed by atoms with Gasteiger partial charge in [-0.25, -0.2) is 4.68 Å². The molecule has 27 heavy (non-hydrogen) atoms. The van der Waals surface area contributed by atoms with Crippen LogP contribution in [-0.4, -0.2) is 35.7 Å². The highest BCUT2D eigenvalue weighted by Gasteiger charge is 2.20. The van der Waals surface area contributed by atoms with Crippen molar-refractivity contribution in [1.29, 1.82) is 0 Å². The molecule has 2 amide bonds. The second-order valence-corrected chi connectivity index (χ2v) is 6.42. The number of hydrogen-bond acceptors (Lipinski definition) is 4. The lowest BCUT2D eigenvalue weighted by Crippen LogP contribution is -2.17. The van der Waals surface area contributed by atoms with Crippen LogP contribution < -0.4 is 16.0 Å². The van der Waals surface area contributed by atoms with E-state index in [1.165, 1.54) is 10.7 Å². The Kier molecular flexibility index (Phi) is 5.14. The van der Waals surface area contributed by atoms with E-state index >= 15 is 0 Å². The van der Waals surface area contributed by atoms with E-state index in [1.807, 2.05) is 20.2 Å². The topological polar surface area (TPSA) is 93.3 Å². The number of nitrogens with zero attached hydrogens (tertiary/aromatic N) is 3. The number of benzene rings is 2. The Morgan fingerprint density at radius 1 is 1.11 bits per heavy atom. The van der Waals surface area contributed by atoms with Crippen LogP contribution in [0, 0.1) is 0 Å². The van der Waals surface area contributed by atoms with Crippen molar-refractivity contribution in [3.05, 3.63) is 71.0 Å². The number of primary amides is 1. The molecule has 3 N–H and O–H groups in total. The maximum atomic E-state index is 12.7. The zero-order valence-electron chi connectivity index (χ0n) is 14.8. The summed E-state index contributed by atoms with van der Waals surface area (Å²) in [7, 11) is 3.65. The van der Waals surface area contributed by atoms with Crippen LogP contribution in [0.4, 0.5) is 11.4 Å². The van der Waals surface area contributed by atoms with Gasteiger partial charge in [0.05, 0.1) is 22.1 Å². The number of anilines is 2. The summed E-state index contributed by atoms with van der Waals surface area (Å²) in [6, 6.07) is 15.6. The average Bonchev–Trinajstić information content (AvgIpc) is 3.08. The van der Waals surface area contributed by atoms with Crippen molar-refractivity contribution in [2.24, 2.45) is 5.73 Å². The third kappa shape index (κ3) is 3.78. The number of hydrogen-bond donors (Lipinski definition) is 2. The number of carbonyl (C=O) groups is 2. The van der Waals surface area contributed by atoms with Crippen molar-refractivity contribution in [3.8, 4) is 5.69 Å². The van der Waals surface area contributed by atoms with Crippen molar-refractivity contribution in [1.82, 2.24) is 9.78 Å². The van der Waals surface area contributed by atoms with Gasteiger partial charge in [0.25, 0.3) is 11.8 Å². The average molecular weight is 384 g/mol. The first kappa shape index (κ1) is 18.5. The van der Waals surface area contributed by atoms with Crippen LogP contribution in [0.15, 0.2) is 54.6 Å². The number of nitrogens with one attached hydrogen (secondary N) is 1. The largest absolute Gasteiger partial charge is 0.375 e. The summed E-state index contributed by atoms with van der Waals surface area (Å²) in [5.41, 5.74) is 7.46. The number of aromatic nitrogens is 2. The molecular weight excluding hydrogens is 366 g/mol. The highest BCUT2D eigenvalue weighted by atomic mass is 35.5. The number of rotatable bonds is 5. The van der Waals surface area contributed by atoms with Gasteiger partial charge in [-0.05, 0) is 24.3 Å². The Hall–Kier alpha value is -3.32. The lowest BCUT2D eigenvalue weighted by molar-refractivity contribution is 0.0991. The van der Waals surface area contributed by atoms with Crippen LogP contribution >= 0.6 is 11.6 Å². The Bertz CT molecular complexity index is 999. The highest BCUT2D eigenvalue weighted by molar-refractivity contribution is 6.34. The Labute approximate surface area is 161 Å². The minimum Gasteiger partial charge on any atom is -0.375 e. The van der Waals surface area contributed by atoms with Crippen LogP contribution in [0.2, 0.25) is 5.02 Å². The molecule has 2 aromatic carbocycles. The summed E-state index contributed by atoms with van der Waals surface area (Å²) in [5.74, 6) is -1.15. The SMILES string of the molecule is CN(C)c1c(Cl)cccc1NC(=O)c1cc(C(N)=O)n(-c2ccccc2)n1. The maximum absolute atomic E-state index is 12.7. The lowest BCUT2D eigenvalue weighted by Gasteiger charge is -2.19. The number of amides is 2. The monoisotopic (exact) mass is 383 g/mol. The van der Waals surface area contributed by atoms with Gasteiger partial charge >= 0.3 is 0 Å². The van der Waals surface area contributed by atoms with E-state index in [0.29, 0.717) is 22.1 Å². The van der Waals surface area contributed by atoms with E-state index in [-0.39, 0.29) is 11.4 Å². The van der Waals surface area contributed by atoms with E-state index < -0.39 is 11.8 Å². The zero-order valence-corrected chi connectivity index (χ0v) is 15.6.